The fourth-order valence-corrected chi connectivity index (χ4v) is 1.77. The van der Waals surface area contributed by atoms with E-state index in [9.17, 15) is 0 Å². The number of hydrogen-bond acceptors (Lipinski definition) is 0. The van der Waals surface area contributed by atoms with E-state index in [1.165, 1.54) is 0 Å². The zero-order valence-corrected chi connectivity index (χ0v) is 9.12. The molecule has 0 aromatic heterocycles. The average molecular weight is 176 g/mol. The van der Waals surface area contributed by atoms with Gasteiger partial charge in [-0.2, -0.15) is 0 Å². The Morgan fingerprint density at radius 1 is 1.23 bits per heavy atom. The van der Waals surface area contributed by atoms with Gasteiger partial charge in [0, 0.05) is 5.92 Å². The highest BCUT2D eigenvalue weighted by atomic mass is 14.3. The normalized spacial score (nSPS) is 20.3. The maximum Gasteiger partial charge on any atom is 0.000951 e. The first-order chi connectivity index (χ1) is 6.09. The third-order valence-electron chi connectivity index (χ3n) is 3.26. The summed E-state index contributed by atoms with van der Waals surface area (Å²) in [6, 6.07) is 0. The molecule has 72 valence electrons. The van der Waals surface area contributed by atoms with Crippen LogP contribution >= 0.6 is 0 Å². The number of allylic oxidation sites excluding steroid dienone is 6. The predicted octanol–water partition coefficient (Wildman–Crippen LogP) is 3.97. The molecular formula is C13H20. The van der Waals surface area contributed by atoms with Crippen molar-refractivity contribution >= 4 is 0 Å². The van der Waals surface area contributed by atoms with Crippen molar-refractivity contribution in [3.63, 3.8) is 0 Å². The van der Waals surface area contributed by atoms with Gasteiger partial charge in [-0.05, 0) is 18.3 Å². The summed E-state index contributed by atoms with van der Waals surface area (Å²) in [5.74, 6) is 1.22. The van der Waals surface area contributed by atoms with Crippen molar-refractivity contribution in [2.24, 2.45) is 17.3 Å². The zero-order chi connectivity index (χ0) is 9.90. The molecule has 0 aromatic carbocycles. The molecule has 0 saturated heterocycles. The summed E-state index contributed by atoms with van der Waals surface area (Å²) in [5, 5.41) is 0. The van der Waals surface area contributed by atoms with E-state index < -0.39 is 0 Å². The molecular weight excluding hydrogens is 156 g/mol. The van der Waals surface area contributed by atoms with E-state index in [2.05, 4.69) is 64.2 Å². The second-order valence-corrected chi connectivity index (χ2v) is 4.43. The highest BCUT2D eigenvalue weighted by molar-refractivity contribution is 5.21. The minimum atomic E-state index is 0.329. The number of hydrogen-bond donors (Lipinski definition) is 0. The lowest BCUT2D eigenvalue weighted by molar-refractivity contribution is 0.228. The van der Waals surface area contributed by atoms with Gasteiger partial charge in [0.15, 0.2) is 0 Å². The summed E-state index contributed by atoms with van der Waals surface area (Å²) >= 11 is 0. The molecule has 1 atom stereocenters. The Hall–Kier alpha value is -0.780. The molecule has 0 aliphatic heterocycles. The van der Waals surface area contributed by atoms with E-state index in [4.69, 9.17) is 0 Å². The molecule has 0 aromatic rings. The van der Waals surface area contributed by atoms with E-state index in [1.54, 1.807) is 0 Å². The maximum atomic E-state index is 2.34. The summed E-state index contributed by atoms with van der Waals surface area (Å²) in [6.45, 7) is 9.05. The highest BCUT2D eigenvalue weighted by Crippen LogP contribution is 2.39. The topological polar surface area (TPSA) is 0 Å². The van der Waals surface area contributed by atoms with Crippen LogP contribution in [0, 0.1) is 17.3 Å². The molecule has 0 fully saturated rings. The van der Waals surface area contributed by atoms with Crippen LogP contribution in [0.5, 0.6) is 0 Å². The molecule has 13 heavy (non-hydrogen) atoms. The molecule has 1 aliphatic rings. The second kappa shape index (κ2) is 3.95. The fraction of sp³-hybridized carbons (Fsp3) is 0.538. The Labute approximate surface area is 82.0 Å². The number of rotatable bonds is 3. The Morgan fingerprint density at radius 3 is 2.23 bits per heavy atom. The third-order valence-corrected chi connectivity index (χ3v) is 3.26. The summed E-state index contributed by atoms with van der Waals surface area (Å²) in [7, 11) is 0. The summed E-state index contributed by atoms with van der Waals surface area (Å²) in [4.78, 5) is 0. The van der Waals surface area contributed by atoms with Gasteiger partial charge < -0.3 is 0 Å². The minimum Gasteiger partial charge on any atom is -0.0914 e. The SMILES string of the molecule is C/C=C\C(C)C(C)(C)C1C=CC=C1. The smallest absolute Gasteiger partial charge is 0.000951 e. The molecule has 0 radical (unpaired) electrons. The van der Waals surface area contributed by atoms with Crippen LogP contribution in [-0.2, 0) is 0 Å². The molecule has 0 nitrogen and oxygen atoms in total. The molecule has 0 N–H and O–H groups in total. The lowest BCUT2D eigenvalue weighted by Crippen LogP contribution is -2.27. The Morgan fingerprint density at radius 2 is 1.77 bits per heavy atom. The Bertz CT molecular complexity index is 229. The average Bonchev–Trinajstić information content (AvgIpc) is 2.56. The molecule has 0 amide bonds. The van der Waals surface area contributed by atoms with Crippen LogP contribution in [0.3, 0.4) is 0 Å². The van der Waals surface area contributed by atoms with E-state index in [0.29, 0.717) is 17.3 Å². The Kier molecular flexibility index (Phi) is 3.13. The van der Waals surface area contributed by atoms with Gasteiger partial charge in [0.2, 0.25) is 0 Å². The standard InChI is InChI=1S/C13H20/c1-5-8-11(2)13(3,4)12-9-6-7-10-12/h5-12H,1-4H3/b8-5-. The minimum absolute atomic E-state index is 0.329. The van der Waals surface area contributed by atoms with Crippen LogP contribution in [0.15, 0.2) is 36.5 Å². The van der Waals surface area contributed by atoms with Crippen molar-refractivity contribution in [1.82, 2.24) is 0 Å². The van der Waals surface area contributed by atoms with Crippen molar-refractivity contribution in [1.29, 1.82) is 0 Å². The van der Waals surface area contributed by atoms with Crippen molar-refractivity contribution < 1.29 is 0 Å². The quantitative estimate of drug-likeness (QED) is 0.571. The summed E-state index contributed by atoms with van der Waals surface area (Å²) < 4.78 is 0. The van der Waals surface area contributed by atoms with Crippen molar-refractivity contribution in [3.05, 3.63) is 36.5 Å². The van der Waals surface area contributed by atoms with E-state index >= 15 is 0 Å². The third kappa shape index (κ3) is 2.12. The highest BCUT2D eigenvalue weighted by Gasteiger charge is 2.30. The lowest BCUT2D eigenvalue weighted by Gasteiger charge is -2.34. The molecule has 0 heteroatoms. The van der Waals surface area contributed by atoms with Gasteiger partial charge >= 0.3 is 0 Å². The van der Waals surface area contributed by atoms with Crippen LogP contribution in [0.1, 0.15) is 27.7 Å². The van der Waals surface area contributed by atoms with Gasteiger partial charge in [-0.15, -0.1) is 0 Å². The first-order valence-corrected chi connectivity index (χ1v) is 5.07. The van der Waals surface area contributed by atoms with Gasteiger partial charge in [-0.1, -0.05) is 57.2 Å². The van der Waals surface area contributed by atoms with E-state index in [0.717, 1.165) is 0 Å². The van der Waals surface area contributed by atoms with Gasteiger partial charge in [0.1, 0.15) is 0 Å². The van der Waals surface area contributed by atoms with E-state index in [1.807, 2.05) is 0 Å². The van der Waals surface area contributed by atoms with Crippen LogP contribution < -0.4 is 0 Å². The van der Waals surface area contributed by atoms with Crippen molar-refractivity contribution in [2.45, 2.75) is 27.7 Å². The molecule has 0 spiro atoms. The zero-order valence-electron chi connectivity index (χ0n) is 9.12. The van der Waals surface area contributed by atoms with Crippen LogP contribution in [0.2, 0.25) is 0 Å². The van der Waals surface area contributed by atoms with Gasteiger partial charge in [0.25, 0.3) is 0 Å². The fourth-order valence-electron chi connectivity index (χ4n) is 1.77. The molecule has 0 saturated carbocycles. The molecule has 1 aliphatic carbocycles. The molecule has 0 bridgehead atoms. The first-order valence-electron chi connectivity index (χ1n) is 5.07. The maximum absolute atomic E-state index is 2.34. The van der Waals surface area contributed by atoms with Crippen LogP contribution in [-0.4, -0.2) is 0 Å². The van der Waals surface area contributed by atoms with Crippen molar-refractivity contribution in [2.75, 3.05) is 0 Å². The molecule has 1 rings (SSSR count). The first kappa shape index (κ1) is 10.3. The summed E-state index contributed by atoms with van der Waals surface area (Å²) in [5.41, 5.74) is 0.329. The van der Waals surface area contributed by atoms with Gasteiger partial charge in [-0.25, -0.2) is 0 Å². The molecule has 1 unspecified atom stereocenters. The van der Waals surface area contributed by atoms with E-state index in [-0.39, 0.29) is 0 Å². The second-order valence-electron chi connectivity index (χ2n) is 4.43. The predicted molar refractivity (Wildman–Crippen MR) is 59.5 cm³/mol. The van der Waals surface area contributed by atoms with Crippen molar-refractivity contribution in [3.8, 4) is 0 Å². The lowest BCUT2D eigenvalue weighted by atomic mass is 9.70. The van der Waals surface area contributed by atoms with Gasteiger partial charge in [-0.3, -0.25) is 0 Å². The Balaban J connectivity index is 2.74. The molecule has 0 heterocycles. The largest absolute Gasteiger partial charge is 0.0914 e. The monoisotopic (exact) mass is 176 g/mol. The summed E-state index contributed by atoms with van der Waals surface area (Å²) in [6.07, 6.45) is 13.3. The van der Waals surface area contributed by atoms with Crippen LogP contribution in [0.25, 0.3) is 0 Å². The van der Waals surface area contributed by atoms with Crippen LogP contribution in [0.4, 0.5) is 0 Å². The van der Waals surface area contributed by atoms with Gasteiger partial charge in [0.05, 0.1) is 0 Å².